The third-order valence-corrected chi connectivity index (χ3v) is 3.33. The minimum atomic E-state index is 0.109. The summed E-state index contributed by atoms with van der Waals surface area (Å²) in [5.74, 6) is 0.814. The minimum Gasteiger partial charge on any atom is -0.396 e. The Hall–Kier alpha value is -0.840. The molecular weight excluding hydrogens is 232 g/mol. The lowest BCUT2D eigenvalue weighted by atomic mass is 10.3. The molecule has 0 aromatic carbocycles. The highest BCUT2D eigenvalue weighted by molar-refractivity contribution is 7.19. The summed E-state index contributed by atoms with van der Waals surface area (Å²) in [5, 5.41) is 8.82. The van der Waals surface area contributed by atoms with Gasteiger partial charge in [-0.05, 0) is 19.1 Å². The maximum absolute atomic E-state index is 8.82. The van der Waals surface area contributed by atoms with E-state index >= 15 is 0 Å². The minimum absolute atomic E-state index is 0.109. The Morgan fingerprint density at radius 3 is 2.93 bits per heavy atom. The number of thiophene rings is 1. The molecule has 0 aliphatic rings. The average Bonchev–Trinajstić information content (AvgIpc) is 2.73. The molecule has 2 aromatic heterocycles. The molecule has 0 saturated heterocycles. The number of aromatic nitrogens is 2. The van der Waals surface area contributed by atoms with Crippen molar-refractivity contribution in [3.8, 4) is 10.6 Å². The van der Waals surface area contributed by atoms with Gasteiger partial charge in [0.1, 0.15) is 11.5 Å². The van der Waals surface area contributed by atoms with Gasteiger partial charge in [-0.1, -0.05) is 11.6 Å². The Bertz CT molecular complexity index is 464. The van der Waals surface area contributed by atoms with Crippen molar-refractivity contribution >= 4 is 22.9 Å². The number of imidazole rings is 1. The van der Waals surface area contributed by atoms with Crippen molar-refractivity contribution in [2.45, 2.75) is 13.3 Å². The quantitative estimate of drug-likeness (QED) is 0.869. The first kappa shape index (κ1) is 10.7. The number of halogens is 1. The molecule has 2 heterocycles. The lowest BCUT2D eigenvalue weighted by Crippen LogP contribution is -1.92. The van der Waals surface area contributed by atoms with Crippen molar-refractivity contribution in [1.29, 1.82) is 0 Å². The topological polar surface area (TPSA) is 48.9 Å². The fourth-order valence-corrected chi connectivity index (χ4v) is 2.52. The van der Waals surface area contributed by atoms with Gasteiger partial charge in [-0.3, -0.25) is 0 Å². The molecule has 2 aromatic rings. The van der Waals surface area contributed by atoms with Crippen molar-refractivity contribution in [3.05, 3.63) is 28.0 Å². The summed E-state index contributed by atoms with van der Waals surface area (Å²) < 4.78 is 0.760. The molecule has 0 fully saturated rings. The second-order valence-corrected chi connectivity index (χ2v) is 4.95. The number of hydrogen-bond acceptors (Lipinski definition) is 3. The highest BCUT2D eigenvalue weighted by Gasteiger charge is 2.10. The van der Waals surface area contributed by atoms with Gasteiger partial charge in [0.05, 0.1) is 15.8 Å². The van der Waals surface area contributed by atoms with E-state index in [-0.39, 0.29) is 6.61 Å². The van der Waals surface area contributed by atoms with Crippen molar-refractivity contribution in [2.75, 3.05) is 6.61 Å². The Kier molecular flexibility index (Phi) is 3.09. The number of nitrogens with one attached hydrogen (secondary N) is 1. The summed E-state index contributed by atoms with van der Waals surface area (Å²) in [7, 11) is 0. The molecule has 0 aliphatic carbocycles. The van der Waals surface area contributed by atoms with Gasteiger partial charge in [0.2, 0.25) is 0 Å². The van der Waals surface area contributed by atoms with E-state index < -0.39 is 0 Å². The molecule has 2 rings (SSSR count). The van der Waals surface area contributed by atoms with Crippen molar-refractivity contribution in [2.24, 2.45) is 0 Å². The fourth-order valence-electron chi connectivity index (χ4n) is 1.43. The Morgan fingerprint density at radius 1 is 1.53 bits per heavy atom. The number of H-pyrrole nitrogens is 1. The molecule has 0 amide bonds. The van der Waals surface area contributed by atoms with E-state index in [9.17, 15) is 0 Å². The zero-order valence-corrected chi connectivity index (χ0v) is 9.82. The van der Waals surface area contributed by atoms with Crippen LogP contribution in [0.4, 0.5) is 0 Å². The molecule has 5 heteroatoms. The summed E-state index contributed by atoms with van der Waals surface area (Å²) in [6.45, 7) is 2.08. The summed E-state index contributed by atoms with van der Waals surface area (Å²) in [6, 6.07) is 3.82. The summed E-state index contributed by atoms with van der Waals surface area (Å²) in [4.78, 5) is 8.62. The van der Waals surface area contributed by atoms with Crippen LogP contribution in [-0.4, -0.2) is 21.7 Å². The van der Waals surface area contributed by atoms with Crippen LogP contribution < -0.4 is 0 Å². The van der Waals surface area contributed by atoms with Crippen LogP contribution >= 0.6 is 22.9 Å². The third-order valence-electron chi connectivity index (χ3n) is 2.09. The van der Waals surface area contributed by atoms with Crippen LogP contribution in [-0.2, 0) is 6.42 Å². The highest BCUT2D eigenvalue weighted by Crippen LogP contribution is 2.31. The van der Waals surface area contributed by atoms with Crippen LogP contribution in [0.1, 0.15) is 11.5 Å². The maximum Gasteiger partial charge on any atom is 0.109 e. The molecule has 0 bridgehead atoms. The second kappa shape index (κ2) is 4.35. The van der Waals surface area contributed by atoms with E-state index in [0.29, 0.717) is 6.42 Å². The maximum atomic E-state index is 8.82. The number of aliphatic hydroxyl groups is 1. The molecule has 2 N–H and O–H groups in total. The summed E-state index contributed by atoms with van der Waals surface area (Å²) in [5.41, 5.74) is 1.94. The van der Waals surface area contributed by atoms with Crippen molar-refractivity contribution in [1.82, 2.24) is 9.97 Å². The first-order valence-electron chi connectivity index (χ1n) is 4.62. The predicted octanol–water partition coefficient (Wildman–Crippen LogP) is 2.63. The molecule has 0 spiro atoms. The molecule has 80 valence electrons. The Balaban J connectivity index is 2.35. The lowest BCUT2D eigenvalue weighted by Gasteiger charge is -1.90. The van der Waals surface area contributed by atoms with Gasteiger partial charge in [-0.25, -0.2) is 4.98 Å². The van der Waals surface area contributed by atoms with E-state index in [1.165, 1.54) is 11.3 Å². The normalized spacial score (nSPS) is 10.9. The van der Waals surface area contributed by atoms with Gasteiger partial charge in [-0.2, -0.15) is 0 Å². The molecule has 0 saturated carbocycles. The molecular formula is C10H11ClN2OS. The largest absolute Gasteiger partial charge is 0.396 e. The van der Waals surface area contributed by atoms with Crippen molar-refractivity contribution in [3.63, 3.8) is 0 Å². The first-order valence-corrected chi connectivity index (χ1v) is 5.82. The number of rotatable bonds is 3. The van der Waals surface area contributed by atoms with Crippen LogP contribution in [0.25, 0.3) is 10.6 Å². The molecule has 0 unspecified atom stereocenters. The van der Waals surface area contributed by atoms with Gasteiger partial charge in [0, 0.05) is 12.1 Å². The van der Waals surface area contributed by atoms with Crippen LogP contribution in [0.5, 0.6) is 0 Å². The van der Waals surface area contributed by atoms with Gasteiger partial charge < -0.3 is 10.1 Å². The fraction of sp³-hybridized carbons (Fsp3) is 0.300. The SMILES string of the molecule is Cc1[nH]c(CCO)nc1-c1ccc(Cl)s1. The van der Waals surface area contributed by atoms with Gasteiger partial charge in [0.25, 0.3) is 0 Å². The third kappa shape index (κ3) is 2.22. The predicted molar refractivity (Wildman–Crippen MR) is 62.4 cm³/mol. The Morgan fingerprint density at radius 2 is 2.33 bits per heavy atom. The molecule has 15 heavy (non-hydrogen) atoms. The van der Waals surface area contributed by atoms with Crippen LogP contribution in [0.2, 0.25) is 4.34 Å². The van der Waals surface area contributed by atoms with E-state index in [4.69, 9.17) is 16.7 Å². The first-order chi connectivity index (χ1) is 7.20. The van der Waals surface area contributed by atoms with Crippen molar-refractivity contribution < 1.29 is 5.11 Å². The average molecular weight is 243 g/mol. The number of hydrogen-bond donors (Lipinski definition) is 2. The lowest BCUT2D eigenvalue weighted by molar-refractivity contribution is 0.297. The number of aryl methyl sites for hydroxylation is 1. The van der Waals surface area contributed by atoms with E-state index in [1.54, 1.807) is 0 Å². The van der Waals surface area contributed by atoms with Gasteiger partial charge >= 0.3 is 0 Å². The highest BCUT2D eigenvalue weighted by atomic mass is 35.5. The molecule has 3 nitrogen and oxygen atoms in total. The Labute approximate surface area is 96.7 Å². The molecule has 0 aliphatic heterocycles. The number of aromatic amines is 1. The number of aliphatic hydroxyl groups excluding tert-OH is 1. The number of nitrogens with zero attached hydrogens (tertiary/aromatic N) is 1. The standard InChI is InChI=1S/C10H11ClN2OS/c1-6-10(7-2-3-8(11)15-7)13-9(12-6)4-5-14/h2-3,14H,4-5H2,1H3,(H,12,13). The van der Waals surface area contributed by atoms with Crippen LogP contribution in [0.15, 0.2) is 12.1 Å². The van der Waals surface area contributed by atoms with Gasteiger partial charge in [-0.15, -0.1) is 11.3 Å². The second-order valence-electron chi connectivity index (χ2n) is 3.23. The van der Waals surface area contributed by atoms with Crippen LogP contribution in [0.3, 0.4) is 0 Å². The molecule has 0 atom stereocenters. The van der Waals surface area contributed by atoms with Crippen LogP contribution in [0, 0.1) is 6.92 Å². The van der Waals surface area contributed by atoms with Gasteiger partial charge in [0.15, 0.2) is 0 Å². The van der Waals surface area contributed by atoms with E-state index in [2.05, 4.69) is 9.97 Å². The summed E-state index contributed by atoms with van der Waals surface area (Å²) in [6.07, 6.45) is 0.556. The zero-order chi connectivity index (χ0) is 10.8. The van der Waals surface area contributed by atoms with E-state index in [1.807, 2.05) is 19.1 Å². The molecule has 0 radical (unpaired) electrons. The zero-order valence-electron chi connectivity index (χ0n) is 8.25. The van der Waals surface area contributed by atoms with E-state index in [0.717, 1.165) is 26.4 Å². The summed E-state index contributed by atoms with van der Waals surface area (Å²) >= 11 is 7.38. The smallest absolute Gasteiger partial charge is 0.109 e. The monoisotopic (exact) mass is 242 g/mol.